The van der Waals surface area contributed by atoms with Crippen LogP contribution in [0.2, 0.25) is 0 Å². The molecule has 0 aliphatic rings. The minimum atomic E-state index is -3.50. The van der Waals surface area contributed by atoms with Gasteiger partial charge in [-0.2, -0.15) is 5.10 Å². The third kappa shape index (κ3) is 3.89. The first-order valence-corrected chi connectivity index (χ1v) is 7.86. The number of hydrogen-bond donors (Lipinski definition) is 2. The lowest BCUT2D eigenvalue weighted by molar-refractivity contribution is 0.580. The molecule has 0 saturated heterocycles. The zero-order valence-corrected chi connectivity index (χ0v) is 11.9. The molecule has 2 aromatic rings. The van der Waals surface area contributed by atoms with Crippen LogP contribution in [0.1, 0.15) is 5.56 Å². The quantitative estimate of drug-likeness (QED) is 0.771. The van der Waals surface area contributed by atoms with E-state index in [-0.39, 0.29) is 4.90 Å². The molecule has 0 unspecified atom stereocenters. The summed E-state index contributed by atoms with van der Waals surface area (Å²) in [4.78, 5) is 0.166. The van der Waals surface area contributed by atoms with E-state index in [0.29, 0.717) is 26.1 Å². The van der Waals surface area contributed by atoms with Gasteiger partial charge in [-0.15, -0.1) is 0 Å². The molecule has 0 saturated carbocycles. The van der Waals surface area contributed by atoms with Gasteiger partial charge in [-0.3, -0.25) is 4.68 Å². The monoisotopic (exact) mass is 294 g/mol. The Bertz CT molecular complexity index is 637. The van der Waals surface area contributed by atoms with Crippen molar-refractivity contribution in [3.63, 3.8) is 0 Å². The molecule has 0 bridgehead atoms. The van der Waals surface area contributed by atoms with Gasteiger partial charge in [0.1, 0.15) is 4.90 Å². The second kappa shape index (κ2) is 6.65. The SMILES string of the molecule is NCCn1cc(S(=O)(=O)NCCc2ccccc2)cn1. The zero-order valence-electron chi connectivity index (χ0n) is 11.1. The second-order valence-corrected chi connectivity index (χ2v) is 6.13. The molecular formula is C13H18N4O2S. The number of nitrogens with zero attached hydrogens (tertiary/aromatic N) is 2. The molecule has 1 aromatic carbocycles. The summed E-state index contributed by atoms with van der Waals surface area (Å²) in [6.07, 6.45) is 3.47. The highest BCUT2D eigenvalue weighted by Crippen LogP contribution is 2.07. The van der Waals surface area contributed by atoms with Gasteiger partial charge in [-0.05, 0) is 12.0 Å². The van der Waals surface area contributed by atoms with Gasteiger partial charge in [0.2, 0.25) is 10.0 Å². The summed E-state index contributed by atoms with van der Waals surface area (Å²) >= 11 is 0. The summed E-state index contributed by atoms with van der Waals surface area (Å²) in [5, 5.41) is 3.96. The van der Waals surface area contributed by atoms with Crippen LogP contribution in [0.4, 0.5) is 0 Å². The summed E-state index contributed by atoms with van der Waals surface area (Å²) in [5.41, 5.74) is 6.49. The second-order valence-electron chi connectivity index (χ2n) is 4.36. The molecule has 6 nitrogen and oxygen atoms in total. The summed E-state index contributed by atoms with van der Waals surface area (Å²) in [7, 11) is -3.50. The molecule has 0 atom stereocenters. The van der Waals surface area contributed by atoms with Crippen LogP contribution in [0.25, 0.3) is 0 Å². The van der Waals surface area contributed by atoms with E-state index in [1.165, 1.54) is 17.1 Å². The number of rotatable bonds is 7. The van der Waals surface area contributed by atoms with Crippen LogP contribution in [0.3, 0.4) is 0 Å². The van der Waals surface area contributed by atoms with Gasteiger partial charge >= 0.3 is 0 Å². The predicted molar refractivity (Wildman–Crippen MR) is 76.6 cm³/mol. The summed E-state index contributed by atoms with van der Waals surface area (Å²) in [6.45, 7) is 1.27. The van der Waals surface area contributed by atoms with E-state index in [4.69, 9.17) is 5.73 Å². The third-order valence-electron chi connectivity index (χ3n) is 2.83. The van der Waals surface area contributed by atoms with Crippen LogP contribution in [0, 0.1) is 0 Å². The number of hydrogen-bond acceptors (Lipinski definition) is 4. The fraction of sp³-hybridized carbons (Fsp3) is 0.308. The lowest BCUT2D eigenvalue weighted by Gasteiger charge is -2.04. The van der Waals surface area contributed by atoms with Crippen molar-refractivity contribution in [3.05, 3.63) is 48.3 Å². The van der Waals surface area contributed by atoms with Crippen LogP contribution < -0.4 is 10.5 Å². The van der Waals surface area contributed by atoms with E-state index in [1.54, 1.807) is 0 Å². The number of sulfonamides is 1. The Kier molecular flexibility index (Phi) is 4.89. The molecule has 2 rings (SSSR count). The van der Waals surface area contributed by atoms with Gasteiger partial charge in [0.15, 0.2) is 0 Å². The summed E-state index contributed by atoms with van der Waals surface area (Å²) in [6, 6.07) is 9.72. The molecule has 0 aliphatic heterocycles. The minimum Gasteiger partial charge on any atom is -0.329 e. The molecule has 7 heteroatoms. The van der Waals surface area contributed by atoms with Crippen molar-refractivity contribution < 1.29 is 8.42 Å². The average molecular weight is 294 g/mol. The molecular weight excluding hydrogens is 276 g/mol. The van der Waals surface area contributed by atoms with Crippen LogP contribution in [0.15, 0.2) is 47.6 Å². The molecule has 0 fully saturated rings. The molecule has 0 radical (unpaired) electrons. The maximum Gasteiger partial charge on any atom is 0.243 e. The first kappa shape index (κ1) is 14.7. The van der Waals surface area contributed by atoms with Gasteiger partial charge in [0.25, 0.3) is 0 Å². The smallest absolute Gasteiger partial charge is 0.243 e. The first-order valence-electron chi connectivity index (χ1n) is 6.38. The number of aromatic nitrogens is 2. The molecule has 0 amide bonds. The molecule has 0 spiro atoms. The van der Waals surface area contributed by atoms with Crippen molar-refractivity contribution in [2.24, 2.45) is 5.73 Å². The van der Waals surface area contributed by atoms with E-state index in [1.807, 2.05) is 30.3 Å². The van der Waals surface area contributed by atoms with Crippen molar-refractivity contribution >= 4 is 10.0 Å². The maximum absolute atomic E-state index is 12.0. The van der Waals surface area contributed by atoms with E-state index < -0.39 is 10.0 Å². The van der Waals surface area contributed by atoms with Gasteiger partial charge in [-0.25, -0.2) is 13.1 Å². The molecule has 1 aromatic heterocycles. The fourth-order valence-electron chi connectivity index (χ4n) is 1.80. The van der Waals surface area contributed by atoms with Gasteiger partial charge in [-0.1, -0.05) is 30.3 Å². The lowest BCUT2D eigenvalue weighted by atomic mass is 10.2. The van der Waals surface area contributed by atoms with E-state index in [0.717, 1.165) is 5.56 Å². The number of benzene rings is 1. The largest absolute Gasteiger partial charge is 0.329 e. The first-order chi connectivity index (χ1) is 9.62. The van der Waals surface area contributed by atoms with E-state index >= 15 is 0 Å². The van der Waals surface area contributed by atoms with Crippen molar-refractivity contribution in [2.45, 2.75) is 17.9 Å². The van der Waals surface area contributed by atoms with Gasteiger partial charge in [0, 0.05) is 19.3 Å². The summed E-state index contributed by atoms with van der Waals surface area (Å²) in [5.74, 6) is 0. The van der Waals surface area contributed by atoms with Crippen molar-refractivity contribution in [2.75, 3.05) is 13.1 Å². The minimum absolute atomic E-state index is 0.166. The Balaban J connectivity index is 1.93. The summed E-state index contributed by atoms with van der Waals surface area (Å²) < 4.78 is 28.2. The predicted octanol–water partition coefficient (Wildman–Crippen LogP) is 0.363. The molecule has 1 heterocycles. The van der Waals surface area contributed by atoms with Crippen LogP contribution >= 0.6 is 0 Å². The van der Waals surface area contributed by atoms with E-state index in [2.05, 4.69) is 9.82 Å². The van der Waals surface area contributed by atoms with Gasteiger partial charge in [0.05, 0.1) is 12.7 Å². The van der Waals surface area contributed by atoms with Gasteiger partial charge < -0.3 is 5.73 Å². The topological polar surface area (TPSA) is 90.0 Å². The Morgan fingerprint density at radius 1 is 1.25 bits per heavy atom. The standard InChI is InChI=1S/C13H18N4O2S/c14-7-9-17-11-13(10-15-17)20(18,19)16-8-6-12-4-2-1-3-5-12/h1-5,10-11,16H,6-9,14H2. The van der Waals surface area contributed by atoms with Crippen molar-refractivity contribution in [1.29, 1.82) is 0 Å². The molecule has 108 valence electrons. The van der Waals surface area contributed by atoms with Crippen molar-refractivity contribution in [3.8, 4) is 0 Å². The highest BCUT2D eigenvalue weighted by molar-refractivity contribution is 7.89. The highest BCUT2D eigenvalue weighted by Gasteiger charge is 2.15. The lowest BCUT2D eigenvalue weighted by Crippen LogP contribution is -2.25. The average Bonchev–Trinajstić information content (AvgIpc) is 2.90. The Morgan fingerprint density at radius 3 is 2.70 bits per heavy atom. The maximum atomic E-state index is 12.0. The fourth-order valence-corrected chi connectivity index (χ4v) is 2.78. The number of nitrogens with one attached hydrogen (secondary N) is 1. The third-order valence-corrected chi connectivity index (χ3v) is 4.24. The Morgan fingerprint density at radius 2 is 2.00 bits per heavy atom. The Labute approximate surface area is 118 Å². The van der Waals surface area contributed by atoms with Crippen LogP contribution in [0.5, 0.6) is 0 Å². The number of nitrogens with two attached hydrogens (primary N) is 1. The normalized spacial score (nSPS) is 11.7. The highest BCUT2D eigenvalue weighted by atomic mass is 32.2. The van der Waals surface area contributed by atoms with Crippen LogP contribution in [-0.2, 0) is 23.0 Å². The zero-order chi connectivity index (χ0) is 14.4. The Hall–Kier alpha value is -1.70. The molecule has 20 heavy (non-hydrogen) atoms. The molecule has 0 aliphatic carbocycles. The van der Waals surface area contributed by atoms with Crippen molar-refractivity contribution in [1.82, 2.24) is 14.5 Å². The van der Waals surface area contributed by atoms with Crippen LogP contribution in [-0.4, -0.2) is 31.3 Å². The molecule has 3 N–H and O–H groups in total. The van der Waals surface area contributed by atoms with E-state index in [9.17, 15) is 8.42 Å².